The first-order chi connectivity index (χ1) is 14.9. The van der Waals surface area contributed by atoms with Crippen LogP contribution in [0.5, 0.6) is 0 Å². The molecule has 4 unspecified atom stereocenters. The fourth-order valence-corrected chi connectivity index (χ4v) is 4.48. The highest BCUT2D eigenvalue weighted by Gasteiger charge is 2.57. The van der Waals surface area contributed by atoms with E-state index in [9.17, 15) is 14.7 Å². The summed E-state index contributed by atoms with van der Waals surface area (Å²) in [4.78, 5) is 31.5. The molecule has 2 N–H and O–H groups in total. The number of rotatable bonds is 6. The van der Waals surface area contributed by atoms with E-state index in [0.29, 0.717) is 13.0 Å². The van der Waals surface area contributed by atoms with Crippen molar-refractivity contribution in [3.63, 3.8) is 0 Å². The summed E-state index contributed by atoms with van der Waals surface area (Å²) in [6, 6.07) is 8.92. The SMILES string of the molecule is CC1=NN(CCCO)C2NC3C(C(=O)N(C/C=C/c4ccccc4)C(=O)N3C)N2C1C. The quantitative estimate of drug-likeness (QED) is 0.704. The average Bonchev–Trinajstić information content (AvgIpc) is 3.18. The van der Waals surface area contributed by atoms with Crippen LogP contribution in [-0.2, 0) is 4.79 Å². The molecule has 2 saturated heterocycles. The van der Waals surface area contributed by atoms with Gasteiger partial charge < -0.3 is 10.0 Å². The van der Waals surface area contributed by atoms with E-state index in [1.165, 1.54) is 4.90 Å². The summed E-state index contributed by atoms with van der Waals surface area (Å²) in [5.41, 5.74) is 1.92. The number of urea groups is 1. The first kappa shape index (κ1) is 21.5. The van der Waals surface area contributed by atoms with Crippen molar-refractivity contribution in [1.29, 1.82) is 0 Å². The van der Waals surface area contributed by atoms with E-state index in [4.69, 9.17) is 0 Å². The molecular formula is C22H30N6O3. The molecule has 2 fully saturated rings. The molecule has 0 aliphatic carbocycles. The lowest BCUT2D eigenvalue weighted by Crippen LogP contribution is -2.67. The van der Waals surface area contributed by atoms with Gasteiger partial charge in [0.1, 0.15) is 12.2 Å². The Morgan fingerprint density at radius 2 is 1.97 bits per heavy atom. The summed E-state index contributed by atoms with van der Waals surface area (Å²) in [6.45, 7) is 4.82. The monoisotopic (exact) mass is 426 g/mol. The van der Waals surface area contributed by atoms with Crippen molar-refractivity contribution in [3.8, 4) is 0 Å². The van der Waals surface area contributed by atoms with E-state index < -0.39 is 12.2 Å². The number of amides is 3. The van der Waals surface area contributed by atoms with Crippen LogP contribution in [0.3, 0.4) is 0 Å². The number of benzene rings is 1. The number of fused-ring (bicyclic) bond motifs is 3. The lowest BCUT2D eigenvalue weighted by atomic mass is 10.1. The molecule has 0 saturated carbocycles. The Morgan fingerprint density at radius 3 is 2.68 bits per heavy atom. The van der Waals surface area contributed by atoms with E-state index in [0.717, 1.165) is 11.3 Å². The summed E-state index contributed by atoms with van der Waals surface area (Å²) >= 11 is 0. The Bertz CT molecular complexity index is 888. The minimum Gasteiger partial charge on any atom is -0.396 e. The molecule has 3 heterocycles. The second kappa shape index (κ2) is 8.78. The molecule has 4 rings (SSSR count). The van der Waals surface area contributed by atoms with Crippen LogP contribution in [-0.4, -0.2) is 93.7 Å². The largest absolute Gasteiger partial charge is 0.396 e. The van der Waals surface area contributed by atoms with Crippen molar-refractivity contribution < 1.29 is 14.7 Å². The lowest BCUT2D eigenvalue weighted by Gasteiger charge is -2.44. The minimum absolute atomic E-state index is 0.0508. The van der Waals surface area contributed by atoms with E-state index in [1.54, 1.807) is 11.9 Å². The molecule has 9 heteroatoms. The van der Waals surface area contributed by atoms with E-state index in [-0.39, 0.29) is 37.4 Å². The normalized spacial score (nSPS) is 28.9. The Labute approximate surface area is 182 Å². The zero-order chi connectivity index (χ0) is 22.1. The number of aliphatic hydroxyl groups excluding tert-OH is 1. The highest BCUT2D eigenvalue weighted by molar-refractivity contribution is 6.01. The molecular weight excluding hydrogens is 396 g/mol. The van der Waals surface area contributed by atoms with Gasteiger partial charge in [0.25, 0.3) is 5.91 Å². The van der Waals surface area contributed by atoms with E-state index in [2.05, 4.69) is 15.3 Å². The van der Waals surface area contributed by atoms with Gasteiger partial charge in [0, 0.05) is 26.7 Å². The number of nitrogens with one attached hydrogen (secondary N) is 1. The van der Waals surface area contributed by atoms with Crippen LogP contribution in [0.4, 0.5) is 4.79 Å². The zero-order valence-electron chi connectivity index (χ0n) is 18.2. The van der Waals surface area contributed by atoms with Gasteiger partial charge in [-0.15, -0.1) is 0 Å². The maximum absolute atomic E-state index is 13.5. The van der Waals surface area contributed by atoms with Crippen molar-refractivity contribution in [2.24, 2.45) is 5.10 Å². The zero-order valence-corrected chi connectivity index (χ0v) is 18.2. The van der Waals surface area contributed by atoms with Gasteiger partial charge >= 0.3 is 6.03 Å². The maximum Gasteiger partial charge on any atom is 0.328 e. The third-order valence-electron chi connectivity index (χ3n) is 6.25. The first-order valence-electron chi connectivity index (χ1n) is 10.7. The standard InChI is InChI=1S/C22H30N6O3/c1-15-16(2)28-18-19(23-21(28)27(24-15)13-8-14-29)25(3)22(31)26(20(18)30)12-7-11-17-9-5-4-6-10-17/h4-7,9-11,16,18-19,21,23,29H,8,12-14H2,1-3H3/b11-7+. The van der Waals surface area contributed by atoms with Crippen LogP contribution in [0.1, 0.15) is 25.8 Å². The number of hydrazone groups is 1. The number of aliphatic hydroxyl groups is 1. The van der Waals surface area contributed by atoms with Crippen molar-refractivity contribution in [1.82, 2.24) is 25.0 Å². The van der Waals surface area contributed by atoms with Crippen LogP contribution in [0.2, 0.25) is 0 Å². The average molecular weight is 427 g/mol. The number of likely N-dealkylation sites (N-methyl/N-ethyl adjacent to an activating group) is 1. The predicted molar refractivity (Wildman–Crippen MR) is 118 cm³/mol. The number of hydrogen-bond acceptors (Lipinski definition) is 7. The Morgan fingerprint density at radius 1 is 1.23 bits per heavy atom. The molecule has 0 bridgehead atoms. The van der Waals surface area contributed by atoms with Gasteiger partial charge in [-0.2, -0.15) is 5.10 Å². The molecule has 3 amide bonds. The third kappa shape index (κ3) is 3.84. The number of hydrogen-bond donors (Lipinski definition) is 2. The Balaban J connectivity index is 1.57. The van der Waals surface area contributed by atoms with Gasteiger partial charge in [-0.25, -0.2) is 9.69 Å². The van der Waals surface area contributed by atoms with Gasteiger partial charge in [0.15, 0.2) is 6.29 Å². The summed E-state index contributed by atoms with van der Waals surface area (Å²) in [6.07, 6.45) is 3.60. The van der Waals surface area contributed by atoms with Gasteiger partial charge in [-0.3, -0.25) is 20.0 Å². The lowest BCUT2D eigenvalue weighted by molar-refractivity contribution is -0.139. The fourth-order valence-electron chi connectivity index (χ4n) is 4.48. The molecule has 3 aliphatic heterocycles. The molecule has 31 heavy (non-hydrogen) atoms. The molecule has 0 spiro atoms. The molecule has 3 aliphatic rings. The second-order valence-electron chi connectivity index (χ2n) is 8.19. The van der Waals surface area contributed by atoms with Gasteiger partial charge in [0.2, 0.25) is 0 Å². The van der Waals surface area contributed by atoms with Gasteiger partial charge in [-0.1, -0.05) is 42.5 Å². The summed E-state index contributed by atoms with van der Waals surface area (Å²) in [5.74, 6) is -0.204. The third-order valence-corrected chi connectivity index (χ3v) is 6.25. The van der Waals surface area contributed by atoms with E-state index >= 15 is 0 Å². The van der Waals surface area contributed by atoms with Gasteiger partial charge in [-0.05, 0) is 25.8 Å². The number of carbonyl (C=O) groups excluding carboxylic acids is 2. The molecule has 1 aromatic carbocycles. The smallest absolute Gasteiger partial charge is 0.328 e. The summed E-state index contributed by atoms with van der Waals surface area (Å²) in [5, 5.41) is 19.2. The molecule has 1 aromatic rings. The molecule has 9 nitrogen and oxygen atoms in total. The Kier molecular flexibility index (Phi) is 6.08. The maximum atomic E-state index is 13.5. The molecule has 0 aromatic heterocycles. The summed E-state index contributed by atoms with van der Waals surface area (Å²) in [7, 11) is 1.72. The number of carbonyl (C=O) groups is 2. The molecule has 0 radical (unpaired) electrons. The highest BCUT2D eigenvalue weighted by Crippen LogP contribution is 2.32. The number of nitrogens with zero attached hydrogens (tertiary/aromatic N) is 5. The fraction of sp³-hybridized carbons (Fsp3) is 0.500. The second-order valence-corrected chi connectivity index (χ2v) is 8.19. The van der Waals surface area contributed by atoms with Crippen LogP contribution >= 0.6 is 0 Å². The Hall–Kier alpha value is -2.75. The van der Waals surface area contributed by atoms with Crippen molar-refractivity contribution >= 4 is 23.7 Å². The van der Waals surface area contributed by atoms with E-state index in [1.807, 2.05) is 61.3 Å². The van der Waals surface area contributed by atoms with Crippen LogP contribution in [0.25, 0.3) is 6.08 Å². The topological polar surface area (TPSA) is 91.7 Å². The summed E-state index contributed by atoms with van der Waals surface area (Å²) < 4.78 is 0. The molecule has 4 atom stereocenters. The van der Waals surface area contributed by atoms with Crippen molar-refractivity contribution in [3.05, 3.63) is 42.0 Å². The number of imide groups is 1. The predicted octanol–water partition coefficient (Wildman–Crippen LogP) is 0.940. The van der Waals surface area contributed by atoms with Crippen LogP contribution in [0.15, 0.2) is 41.5 Å². The first-order valence-corrected chi connectivity index (χ1v) is 10.7. The van der Waals surface area contributed by atoms with Crippen LogP contribution in [0, 0.1) is 0 Å². The van der Waals surface area contributed by atoms with Crippen LogP contribution < -0.4 is 5.32 Å². The highest BCUT2D eigenvalue weighted by atomic mass is 16.3. The van der Waals surface area contributed by atoms with Gasteiger partial charge in [0.05, 0.1) is 11.8 Å². The van der Waals surface area contributed by atoms with Crippen molar-refractivity contribution in [2.75, 3.05) is 26.7 Å². The minimum atomic E-state index is -0.505. The molecule has 166 valence electrons. The van der Waals surface area contributed by atoms with Crippen molar-refractivity contribution in [2.45, 2.75) is 44.8 Å².